The van der Waals surface area contributed by atoms with Crippen molar-refractivity contribution in [2.24, 2.45) is 0 Å². The van der Waals surface area contributed by atoms with Crippen LogP contribution < -0.4 is 9.47 Å². The molecule has 9 heteroatoms. The fraction of sp³-hybridized carbons (Fsp3) is 0.632. The van der Waals surface area contributed by atoms with Crippen LogP contribution in [-0.4, -0.2) is 80.8 Å². The lowest BCUT2D eigenvalue weighted by molar-refractivity contribution is -0.134. The Morgan fingerprint density at radius 1 is 0.857 bits per heavy atom. The maximum atomic E-state index is 12.8. The molecule has 0 bridgehead atoms. The number of hydrogen-bond acceptors (Lipinski definition) is 5. The fourth-order valence-corrected chi connectivity index (χ4v) is 5.18. The van der Waals surface area contributed by atoms with Crippen LogP contribution in [0.3, 0.4) is 0 Å². The van der Waals surface area contributed by atoms with E-state index in [0.29, 0.717) is 45.0 Å². The summed E-state index contributed by atoms with van der Waals surface area (Å²) >= 11 is 0. The zero-order valence-electron chi connectivity index (χ0n) is 16.4. The van der Waals surface area contributed by atoms with Crippen LogP contribution in [0.4, 0.5) is 0 Å². The first kappa shape index (κ1) is 20.9. The average molecular weight is 412 g/mol. The molecule has 2 aliphatic heterocycles. The molecule has 0 aliphatic carbocycles. The van der Waals surface area contributed by atoms with Gasteiger partial charge in [0.1, 0.15) is 11.5 Å². The van der Waals surface area contributed by atoms with Gasteiger partial charge >= 0.3 is 0 Å². The molecule has 0 spiro atoms. The molecule has 0 atom stereocenters. The number of methoxy groups -OCH3 is 1. The second-order valence-electron chi connectivity index (χ2n) is 7.07. The normalized spacial score (nSPS) is 19.8. The number of piperazine rings is 1. The Balaban J connectivity index is 1.47. The summed E-state index contributed by atoms with van der Waals surface area (Å²) in [5.74, 6) is 1.18. The van der Waals surface area contributed by atoms with Crippen molar-refractivity contribution in [3.8, 4) is 11.5 Å². The van der Waals surface area contributed by atoms with Gasteiger partial charge in [0.2, 0.25) is 0 Å². The van der Waals surface area contributed by atoms with Gasteiger partial charge in [0.25, 0.3) is 16.1 Å². The van der Waals surface area contributed by atoms with Crippen molar-refractivity contribution < 1.29 is 22.7 Å². The quantitative estimate of drug-likeness (QED) is 0.706. The first-order valence-electron chi connectivity index (χ1n) is 9.80. The van der Waals surface area contributed by atoms with E-state index in [0.717, 1.165) is 31.4 Å². The topological polar surface area (TPSA) is 79.4 Å². The number of benzene rings is 1. The van der Waals surface area contributed by atoms with Crippen molar-refractivity contribution in [1.82, 2.24) is 13.5 Å². The van der Waals surface area contributed by atoms with Gasteiger partial charge in [-0.3, -0.25) is 4.79 Å². The molecule has 3 rings (SSSR count). The Kier molecular flexibility index (Phi) is 7.14. The third-order valence-corrected chi connectivity index (χ3v) is 7.27. The Labute approximate surface area is 167 Å². The predicted octanol–water partition coefficient (Wildman–Crippen LogP) is 1.34. The molecule has 2 aliphatic rings. The highest BCUT2D eigenvalue weighted by atomic mass is 32.2. The Morgan fingerprint density at radius 2 is 1.39 bits per heavy atom. The van der Waals surface area contributed by atoms with E-state index >= 15 is 0 Å². The Hall–Kier alpha value is -1.84. The molecule has 8 nitrogen and oxygen atoms in total. The summed E-state index contributed by atoms with van der Waals surface area (Å²) in [7, 11) is -1.84. The molecular weight excluding hydrogens is 382 g/mol. The number of nitrogens with zero attached hydrogens (tertiary/aromatic N) is 3. The highest BCUT2D eigenvalue weighted by Crippen LogP contribution is 2.19. The van der Waals surface area contributed by atoms with E-state index in [9.17, 15) is 13.2 Å². The molecule has 1 aromatic carbocycles. The minimum atomic E-state index is -3.43. The van der Waals surface area contributed by atoms with Crippen molar-refractivity contribution in [1.29, 1.82) is 0 Å². The van der Waals surface area contributed by atoms with Gasteiger partial charge in [0.15, 0.2) is 6.61 Å². The van der Waals surface area contributed by atoms with E-state index in [2.05, 4.69) is 0 Å². The van der Waals surface area contributed by atoms with Gasteiger partial charge in [-0.05, 0) is 37.1 Å². The van der Waals surface area contributed by atoms with E-state index in [4.69, 9.17) is 9.47 Å². The minimum Gasteiger partial charge on any atom is -0.497 e. The van der Waals surface area contributed by atoms with E-state index in [-0.39, 0.29) is 12.5 Å². The first-order chi connectivity index (χ1) is 13.5. The van der Waals surface area contributed by atoms with E-state index in [1.165, 1.54) is 4.31 Å². The number of carbonyl (C=O) groups excluding carboxylic acids is 1. The molecule has 0 radical (unpaired) electrons. The van der Waals surface area contributed by atoms with Crippen LogP contribution in [0.2, 0.25) is 0 Å². The third kappa shape index (κ3) is 5.15. The number of hydrogen-bond donors (Lipinski definition) is 0. The summed E-state index contributed by atoms with van der Waals surface area (Å²) in [5, 5.41) is 0. The lowest BCUT2D eigenvalue weighted by Crippen LogP contribution is -2.55. The predicted molar refractivity (Wildman–Crippen MR) is 106 cm³/mol. The van der Waals surface area contributed by atoms with E-state index < -0.39 is 10.2 Å². The van der Waals surface area contributed by atoms with Crippen LogP contribution in [0, 0.1) is 0 Å². The standard InChI is InChI=1S/C19H29N3O5S/c1-26-17-6-8-18(9-7-17)27-16-19(23)20-12-14-22(15-13-20)28(24,25)21-10-4-2-3-5-11-21/h6-9H,2-5,10-16H2,1H3. The fourth-order valence-electron chi connectivity index (χ4n) is 3.51. The molecule has 0 aromatic heterocycles. The number of rotatable bonds is 6. The summed E-state index contributed by atoms with van der Waals surface area (Å²) in [5.41, 5.74) is 0. The Bertz CT molecular complexity index is 737. The van der Waals surface area contributed by atoms with Gasteiger partial charge in [-0.25, -0.2) is 0 Å². The van der Waals surface area contributed by atoms with Crippen molar-refractivity contribution in [3.05, 3.63) is 24.3 Å². The van der Waals surface area contributed by atoms with Crippen molar-refractivity contribution >= 4 is 16.1 Å². The largest absolute Gasteiger partial charge is 0.497 e. The smallest absolute Gasteiger partial charge is 0.282 e. The van der Waals surface area contributed by atoms with Gasteiger partial charge in [0.05, 0.1) is 7.11 Å². The third-order valence-electron chi connectivity index (χ3n) is 5.23. The summed E-state index contributed by atoms with van der Waals surface area (Å²) in [6, 6.07) is 7.04. The highest BCUT2D eigenvalue weighted by molar-refractivity contribution is 7.86. The van der Waals surface area contributed by atoms with E-state index in [1.54, 1.807) is 40.6 Å². The van der Waals surface area contributed by atoms with E-state index in [1.807, 2.05) is 0 Å². The Morgan fingerprint density at radius 3 is 1.96 bits per heavy atom. The SMILES string of the molecule is COc1ccc(OCC(=O)N2CCN(S(=O)(=O)N3CCCCCC3)CC2)cc1. The van der Waals surface area contributed by atoms with Crippen LogP contribution in [0.25, 0.3) is 0 Å². The summed E-state index contributed by atoms with van der Waals surface area (Å²) in [4.78, 5) is 14.1. The molecule has 1 amide bonds. The molecule has 0 unspecified atom stereocenters. The van der Waals surface area contributed by atoms with Crippen LogP contribution in [0.5, 0.6) is 11.5 Å². The molecule has 2 heterocycles. The molecule has 2 saturated heterocycles. The monoisotopic (exact) mass is 411 g/mol. The highest BCUT2D eigenvalue weighted by Gasteiger charge is 2.33. The van der Waals surface area contributed by atoms with Gasteiger partial charge in [0, 0.05) is 39.3 Å². The zero-order valence-corrected chi connectivity index (χ0v) is 17.2. The lowest BCUT2D eigenvalue weighted by atomic mass is 10.2. The molecule has 0 N–H and O–H groups in total. The van der Waals surface area contributed by atoms with Gasteiger partial charge < -0.3 is 14.4 Å². The average Bonchev–Trinajstić information content (AvgIpc) is 3.02. The lowest BCUT2D eigenvalue weighted by Gasteiger charge is -2.36. The van der Waals surface area contributed by atoms with Gasteiger partial charge in [-0.2, -0.15) is 17.0 Å². The van der Waals surface area contributed by atoms with Crippen molar-refractivity contribution in [3.63, 3.8) is 0 Å². The molecule has 28 heavy (non-hydrogen) atoms. The van der Waals surface area contributed by atoms with Crippen molar-refractivity contribution in [2.75, 3.05) is 53.0 Å². The maximum Gasteiger partial charge on any atom is 0.282 e. The number of ether oxygens (including phenoxy) is 2. The molecule has 156 valence electrons. The summed E-state index contributed by atoms with van der Waals surface area (Å²) in [6.07, 6.45) is 4.01. The zero-order chi connectivity index (χ0) is 20.0. The molecular formula is C19H29N3O5S. The number of carbonyl (C=O) groups is 1. The molecule has 2 fully saturated rings. The second kappa shape index (κ2) is 9.58. The maximum absolute atomic E-state index is 12.8. The van der Waals surface area contributed by atoms with Crippen LogP contribution in [0.15, 0.2) is 24.3 Å². The van der Waals surface area contributed by atoms with Gasteiger partial charge in [-0.1, -0.05) is 12.8 Å². The molecule has 1 aromatic rings. The van der Waals surface area contributed by atoms with Crippen molar-refractivity contribution in [2.45, 2.75) is 25.7 Å². The van der Waals surface area contributed by atoms with Crippen LogP contribution >= 0.6 is 0 Å². The summed E-state index contributed by atoms with van der Waals surface area (Å²) < 4.78 is 39.4. The molecule has 0 saturated carbocycles. The van der Waals surface area contributed by atoms with Crippen LogP contribution in [-0.2, 0) is 15.0 Å². The van der Waals surface area contributed by atoms with Crippen LogP contribution in [0.1, 0.15) is 25.7 Å². The second-order valence-corrected chi connectivity index (χ2v) is 8.99. The number of amides is 1. The minimum absolute atomic E-state index is 0.0643. The van der Waals surface area contributed by atoms with Gasteiger partial charge in [-0.15, -0.1) is 0 Å². The first-order valence-corrected chi connectivity index (χ1v) is 11.2. The summed E-state index contributed by atoms with van der Waals surface area (Å²) in [6.45, 7) is 2.55.